The van der Waals surface area contributed by atoms with E-state index in [0.29, 0.717) is 5.02 Å². The van der Waals surface area contributed by atoms with Crippen LogP contribution in [0.5, 0.6) is 0 Å². The van der Waals surface area contributed by atoms with Crippen LogP contribution in [0, 0.1) is 5.92 Å². The van der Waals surface area contributed by atoms with Gasteiger partial charge in [-0.15, -0.1) is 12.4 Å². The van der Waals surface area contributed by atoms with Crippen LogP contribution in [0.25, 0.3) is 0 Å². The third-order valence-corrected chi connectivity index (χ3v) is 3.92. The molecule has 122 valence electrons. The molecular formula is C15H21Cl2N3O2. The van der Waals surface area contributed by atoms with Crippen molar-refractivity contribution in [3.63, 3.8) is 0 Å². The van der Waals surface area contributed by atoms with Crippen LogP contribution in [-0.4, -0.2) is 24.9 Å². The first kappa shape index (κ1) is 18.7. The predicted octanol–water partition coefficient (Wildman–Crippen LogP) is 1.79. The summed E-state index contributed by atoms with van der Waals surface area (Å²) in [7, 11) is 0. The maximum Gasteiger partial charge on any atom is 0.223 e. The van der Waals surface area contributed by atoms with Crippen LogP contribution in [0.2, 0.25) is 5.02 Å². The lowest BCUT2D eigenvalue weighted by Crippen LogP contribution is -2.40. The highest BCUT2D eigenvalue weighted by Crippen LogP contribution is 2.22. The largest absolute Gasteiger partial charge is 0.370 e. The summed E-state index contributed by atoms with van der Waals surface area (Å²) in [4.78, 5) is 23.6. The van der Waals surface area contributed by atoms with Crippen LogP contribution >= 0.6 is 24.0 Å². The van der Waals surface area contributed by atoms with Gasteiger partial charge in [-0.05, 0) is 43.6 Å². The normalized spacial score (nSPS) is 16.4. The minimum absolute atomic E-state index is 0. The van der Waals surface area contributed by atoms with Crippen molar-refractivity contribution in [3.05, 3.63) is 34.9 Å². The summed E-state index contributed by atoms with van der Waals surface area (Å²) in [6.07, 6.45) is 1.69. The lowest BCUT2D eigenvalue weighted by atomic mass is 9.95. The topological polar surface area (TPSA) is 84.2 Å². The smallest absolute Gasteiger partial charge is 0.223 e. The standard InChI is InChI=1S/C15H20ClN3O2.ClH/c16-12-3-1-2-11(8-12)13(9-14(17)20)19-15(21)10-4-6-18-7-5-10;/h1-3,8,10,13,18H,4-7,9H2,(H2,17,20)(H,19,21);1H/t13-;/m1./s1. The Balaban J connectivity index is 0.00000242. The monoisotopic (exact) mass is 345 g/mol. The highest BCUT2D eigenvalue weighted by Gasteiger charge is 2.24. The molecule has 0 spiro atoms. The quantitative estimate of drug-likeness (QED) is 0.760. The van der Waals surface area contributed by atoms with Gasteiger partial charge in [0.2, 0.25) is 11.8 Å². The Kier molecular flexibility index (Phi) is 7.65. The van der Waals surface area contributed by atoms with Gasteiger partial charge in [0.15, 0.2) is 0 Å². The lowest BCUT2D eigenvalue weighted by Gasteiger charge is -2.25. The van der Waals surface area contributed by atoms with Gasteiger partial charge in [-0.1, -0.05) is 23.7 Å². The van der Waals surface area contributed by atoms with Crippen LogP contribution in [0.1, 0.15) is 30.9 Å². The van der Waals surface area contributed by atoms with Gasteiger partial charge in [0.05, 0.1) is 12.5 Å². The fourth-order valence-corrected chi connectivity index (χ4v) is 2.75. The molecule has 0 aliphatic carbocycles. The molecule has 5 nitrogen and oxygen atoms in total. The van der Waals surface area contributed by atoms with Gasteiger partial charge < -0.3 is 16.4 Å². The number of nitrogens with two attached hydrogens (primary N) is 1. The van der Waals surface area contributed by atoms with E-state index in [2.05, 4.69) is 10.6 Å². The van der Waals surface area contributed by atoms with Crippen molar-refractivity contribution in [3.8, 4) is 0 Å². The van der Waals surface area contributed by atoms with Crippen molar-refractivity contribution in [2.45, 2.75) is 25.3 Å². The molecule has 1 aliphatic heterocycles. The van der Waals surface area contributed by atoms with E-state index in [-0.39, 0.29) is 30.7 Å². The fraction of sp³-hybridized carbons (Fsp3) is 0.467. The number of nitrogens with one attached hydrogen (secondary N) is 2. The van der Waals surface area contributed by atoms with E-state index in [1.165, 1.54) is 0 Å². The fourth-order valence-electron chi connectivity index (χ4n) is 2.55. The van der Waals surface area contributed by atoms with E-state index >= 15 is 0 Å². The van der Waals surface area contributed by atoms with E-state index in [0.717, 1.165) is 31.5 Å². The molecule has 2 amide bonds. The molecular weight excluding hydrogens is 325 g/mol. The molecule has 0 aromatic heterocycles. The van der Waals surface area contributed by atoms with Gasteiger partial charge in [-0.25, -0.2) is 0 Å². The summed E-state index contributed by atoms with van der Waals surface area (Å²) >= 11 is 5.97. The van der Waals surface area contributed by atoms with Crippen LogP contribution in [-0.2, 0) is 9.59 Å². The van der Waals surface area contributed by atoms with Gasteiger partial charge in [-0.3, -0.25) is 9.59 Å². The molecule has 4 N–H and O–H groups in total. The maximum absolute atomic E-state index is 12.3. The van der Waals surface area contributed by atoms with E-state index < -0.39 is 11.9 Å². The molecule has 1 aromatic rings. The van der Waals surface area contributed by atoms with Crippen LogP contribution in [0.4, 0.5) is 0 Å². The second-order valence-corrected chi connectivity index (χ2v) is 5.75. The van der Waals surface area contributed by atoms with Gasteiger partial charge in [-0.2, -0.15) is 0 Å². The highest BCUT2D eigenvalue weighted by atomic mass is 35.5. The van der Waals surface area contributed by atoms with Crippen molar-refractivity contribution >= 4 is 35.8 Å². The third kappa shape index (κ3) is 5.48. The number of carbonyl (C=O) groups is 2. The second-order valence-electron chi connectivity index (χ2n) is 5.31. The Labute approximate surface area is 141 Å². The number of primary amides is 1. The van der Waals surface area contributed by atoms with Crippen molar-refractivity contribution < 1.29 is 9.59 Å². The summed E-state index contributed by atoms with van der Waals surface area (Å²) in [6, 6.07) is 6.70. The van der Waals surface area contributed by atoms with Gasteiger partial charge >= 0.3 is 0 Å². The molecule has 2 rings (SSSR count). The molecule has 1 aromatic carbocycles. The Morgan fingerprint density at radius 3 is 2.64 bits per heavy atom. The molecule has 1 atom stereocenters. The average molecular weight is 346 g/mol. The molecule has 1 heterocycles. The van der Waals surface area contributed by atoms with Gasteiger partial charge in [0.1, 0.15) is 0 Å². The number of amides is 2. The van der Waals surface area contributed by atoms with E-state index in [4.69, 9.17) is 17.3 Å². The van der Waals surface area contributed by atoms with Crippen molar-refractivity contribution in [1.82, 2.24) is 10.6 Å². The average Bonchev–Trinajstić information content (AvgIpc) is 2.47. The van der Waals surface area contributed by atoms with E-state index in [9.17, 15) is 9.59 Å². The number of hydrogen-bond acceptors (Lipinski definition) is 3. The Morgan fingerprint density at radius 1 is 1.36 bits per heavy atom. The molecule has 0 saturated carbocycles. The number of piperidine rings is 1. The minimum atomic E-state index is -0.453. The molecule has 7 heteroatoms. The van der Waals surface area contributed by atoms with Gasteiger partial charge in [0.25, 0.3) is 0 Å². The number of rotatable bonds is 5. The molecule has 1 fully saturated rings. The van der Waals surface area contributed by atoms with Crippen LogP contribution in [0.15, 0.2) is 24.3 Å². The number of hydrogen-bond donors (Lipinski definition) is 3. The zero-order valence-corrected chi connectivity index (χ0v) is 13.8. The molecule has 0 unspecified atom stereocenters. The molecule has 1 aliphatic rings. The van der Waals surface area contributed by atoms with Crippen molar-refractivity contribution in [2.75, 3.05) is 13.1 Å². The SMILES string of the molecule is Cl.NC(=O)C[C@@H](NC(=O)C1CCNCC1)c1cccc(Cl)c1. The second kappa shape index (κ2) is 8.98. The Bertz CT molecular complexity index is 519. The zero-order chi connectivity index (χ0) is 15.2. The first-order valence-electron chi connectivity index (χ1n) is 7.11. The molecule has 22 heavy (non-hydrogen) atoms. The predicted molar refractivity (Wildman–Crippen MR) is 89.0 cm³/mol. The first-order valence-corrected chi connectivity index (χ1v) is 7.49. The molecule has 0 radical (unpaired) electrons. The molecule has 0 bridgehead atoms. The molecule has 1 saturated heterocycles. The van der Waals surface area contributed by atoms with Gasteiger partial charge in [0, 0.05) is 10.9 Å². The van der Waals surface area contributed by atoms with E-state index in [1.807, 2.05) is 6.07 Å². The maximum atomic E-state index is 12.3. The van der Waals surface area contributed by atoms with E-state index in [1.54, 1.807) is 18.2 Å². The lowest BCUT2D eigenvalue weighted by molar-refractivity contribution is -0.127. The Hall–Kier alpha value is -1.30. The first-order chi connectivity index (χ1) is 10.1. The highest BCUT2D eigenvalue weighted by molar-refractivity contribution is 6.30. The number of carbonyl (C=O) groups excluding carboxylic acids is 2. The van der Waals surface area contributed by atoms with Crippen LogP contribution in [0.3, 0.4) is 0 Å². The minimum Gasteiger partial charge on any atom is -0.370 e. The summed E-state index contributed by atoms with van der Waals surface area (Å²) in [5.74, 6) is -0.492. The Morgan fingerprint density at radius 2 is 2.05 bits per heavy atom. The summed E-state index contributed by atoms with van der Waals surface area (Å²) in [5.41, 5.74) is 6.08. The van der Waals surface area contributed by atoms with Crippen molar-refractivity contribution in [2.24, 2.45) is 11.7 Å². The zero-order valence-electron chi connectivity index (χ0n) is 12.2. The van der Waals surface area contributed by atoms with Crippen molar-refractivity contribution in [1.29, 1.82) is 0 Å². The third-order valence-electron chi connectivity index (χ3n) is 3.68. The van der Waals surface area contributed by atoms with Crippen LogP contribution < -0.4 is 16.4 Å². The summed E-state index contributed by atoms with van der Waals surface area (Å²) < 4.78 is 0. The summed E-state index contributed by atoms with van der Waals surface area (Å²) in [6.45, 7) is 1.69. The number of halogens is 2. The number of benzene rings is 1. The summed E-state index contributed by atoms with van der Waals surface area (Å²) in [5, 5.41) is 6.73.